The van der Waals surface area contributed by atoms with Gasteiger partial charge in [-0.2, -0.15) is 31.3 Å². The van der Waals surface area contributed by atoms with Gasteiger partial charge in [0.05, 0.1) is 16.7 Å². The summed E-state index contributed by atoms with van der Waals surface area (Å²) in [7, 11) is 0. The smallest absolute Gasteiger partial charge is 0.334 e. The van der Waals surface area contributed by atoms with Crippen LogP contribution in [0, 0.1) is 6.92 Å². The molecule has 108 valence electrons. The lowest BCUT2D eigenvalue weighted by atomic mass is 10.0. The van der Waals surface area contributed by atoms with Gasteiger partial charge in [0.2, 0.25) is 0 Å². The van der Waals surface area contributed by atoms with E-state index < -0.39 is 34.9 Å². The summed E-state index contributed by atoms with van der Waals surface area (Å²) in [5.41, 5.74) is -3.47. The van der Waals surface area contributed by atoms with Gasteiger partial charge in [0.25, 0.3) is 5.89 Å². The van der Waals surface area contributed by atoms with Gasteiger partial charge in [-0.25, -0.2) is 0 Å². The molecule has 9 heteroatoms. The quantitative estimate of drug-likeness (QED) is 0.744. The van der Waals surface area contributed by atoms with Crippen LogP contribution in [0.3, 0.4) is 0 Å². The van der Waals surface area contributed by atoms with Crippen molar-refractivity contribution in [2.24, 2.45) is 0 Å². The van der Waals surface area contributed by atoms with Crippen LogP contribution < -0.4 is 0 Å². The largest absolute Gasteiger partial charge is 0.417 e. The molecule has 0 bridgehead atoms. The Bertz CT molecular complexity index is 629. The first kappa shape index (κ1) is 14.4. The maximum atomic E-state index is 12.9. The lowest BCUT2D eigenvalue weighted by Crippen LogP contribution is -2.12. The van der Waals surface area contributed by atoms with Gasteiger partial charge < -0.3 is 4.52 Å². The fourth-order valence-electron chi connectivity index (χ4n) is 1.55. The summed E-state index contributed by atoms with van der Waals surface area (Å²) in [5.74, 6) is -0.406. The number of halogens is 6. The molecule has 1 aromatic heterocycles. The van der Waals surface area contributed by atoms with Crippen molar-refractivity contribution in [1.82, 2.24) is 10.1 Å². The molecule has 20 heavy (non-hydrogen) atoms. The average Bonchev–Trinajstić information content (AvgIpc) is 2.72. The highest BCUT2D eigenvalue weighted by Gasteiger charge is 2.39. The van der Waals surface area contributed by atoms with Gasteiger partial charge in [0, 0.05) is 0 Å². The molecule has 0 atom stereocenters. The molecule has 0 spiro atoms. The van der Waals surface area contributed by atoms with Crippen LogP contribution >= 0.6 is 0 Å². The molecule has 0 N–H and O–H groups in total. The van der Waals surface area contributed by atoms with Gasteiger partial charge in [-0.1, -0.05) is 5.16 Å². The summed E-state index contributed by atoms with van der Waals surface area (Å²) >= 11 is 0. The van der Waals surface area contributed by atoms with Gasteiger partial charge in [0.1, 0.15) is 0 Å². The maximum Gasteiger partial charge on any atom is 0.417 e. The second-order valence-corrected chi connectivity index (χ2v) is 3.90. The summed E-state index contributed by atoms with van der Waals surface area (Å²) < 4.78 is 80.6. The van der Waals surface area contributed by atoms with Crippen LogP contribution in [0.4, 0.5) is 26.3 Å². The molecule has 0 saturated carbocycles. The molecule has 0 amide bonds. The first-order valence-electron chi connectivity index (χ1n) is 5.18. The molecule has 0 radical (unpaired) electrons. The molecule has 1 aromatic carbocycles. The van der Waals surface area contributed by atoms with Crippen LogP contribution in [0.1, 0.15) is 17.0 Å². The third-order valence-corrected chi connectivity index (χ3v) is 2.41. The van der Waals surface area contributed by atoms with E-state index in [9.17, 15) is 26.3 Å². The van der Waals surface area contributed by atoms with Crippen LogP contribution in [-0.2, 0) is 12.4 Å². The van der Waals surface area contributed by atoms with Gasteiger partial charge in [-0.05, 0) is 25.1 Å². The van der Waals surface area contributed by atoms with E-state index in [0.29, 0.717) is 12.1 Å². The fraction of sp³-hybridized carbons (Fsp3) is 0.273. The van der Waals surface area contributed by atoms with Gasteiger partial charge in [0.15, 0.2) is 5.82 Å². The number of nitrogens with zero attached hydrogens (tertiary/aromatic N) is 2. The zero-order valence-electron chi connectivity index (χ0n) is 9.80. The second kappa shape index (κ2) is 4.50. The van der Waals surface area contributed by atoms with Gasteiger partial charge >= 0.3 is 12.4 Å². The summed E-state index contributed by atoms with van der Waals surface area (Å²) in [6.45, 7) is 1.38. The summed E-state index contributed by atoms with van der Waals surface area (Å²) in [6.07, 6.45) is -9.84. The SMILES string of the molecule is Cc1noc(-c2ccc(C(F)(F)F)cc2C(F)(F)F)n1. The van der Waals surface area contributed by atoms with E-state index in [1.165, 1.54) is 6.92 Å². The number of aryl methyl sites for hydroxylation is 1. The molecule has 0 aliphatic rings. The lowest BCUT2D eigenvalue weighted by molar-refractivity contribution is -0.142. The normalized spacial score (nSPS) is 12.8. The topological polar surface area (TPSA) is 38.9 Å². The first-order chi connectivity index (χ1) is 9.09. The highest BCUT2D eigenvalue weighted by atomic mass is 19.4. The van der Waals surface area contributed by atoms with Crippen LogP contribution in [0.25, 0.3) is 11.5 Å². The molecular weight excluding hydrogens is 290 g/mol. The number of hydrogen-bond acceptors (Lipinski definition) is 3. The van der Waals surface area contributed by atoms with E-state index in [-0.39, 0.29) is 11.9 Å². The zero-order chi connectivity index (χ0) is 15.1. The minimum Gasteiger partial charge on any atom is -0.334 e. The summed E-state index contributed by atoms with van der Waals surface area (Å²) in [4.78, 5) is 3.59. The summed E-state index contributed by atoms with van der Waals surface area (Å²) in [6, 6.07) is 1.22. The number of rotatable bonds is 1. The van der Waals surface area contributed by atoms with Crippen molar-refractivity contribution in [3.63, 3.8) is 0 Å². The molecule has 0 fully saturated rings. The van der Waals surface area contributed by atoms with Crippen molar-refractivity contribution >= 4 is 0 Å². The van der Waals surface area contributed by atoms with E-state index in [4.69, 9.17) is 0 Å². The number of aromatic nitrogens is 2. The molecule has 2 rings (SSSR count). The van der Waals surface area contributed by atoms with Gasteiger partial charge in [-0.3, -0.25) is 0 Å². The number of hydrogen-bond donors (Lipinski definition) is 0. The van der Waals surface area contributed by atoms with E-state index in [2.05, 4.69) is 14.7 Å². The van der Waals surface area contributed by atoms with Crippen molar-refractivity contribution in [2.45, 2.75) is 19.3 Å². The van der Waals surface area contributed by atoms with Crippen molar-refractivity contribution < 1.29 is 30.9 Å². The third kappa shape index (κ3) is 2.75. The molecule has 1 heterocycles. The van der Waals surface area contributed by atoms with Gasteiger partial charge in [-0.15, -0.1) is 0 Å². The molecule has 3 nitrogen and oxygen atoms in total. The Labute approximate surface area is 108 Å². The number of alkyl halides is 6. The Morgan fingerprint density at radius 1 is 1.00 bits per heavy atom. The van der Waals surface area contributed by atoms with Crippen molar-refractivity contribution in [2.75, 3.05) is 0 Å². The van der Waals surface area contributed by atoms with E-state index in [1.54, 1.807) is 0 Å². The van der Waals surface area contributed by atoms with Crippen LogP contribution in [0.15, 0.2) is 22.7 Å². The fourth-order valence-corrected chi connectivity index (χ4v) is 1.55. The molecule has 2 aromatic rings. The number of benzene rings is 1. The van der Waals surface area contributed by atoms with Crippen molar-refractivity contribution in [3.8, 4) is 11.5 Å². The van der Waals surface area contributed by atoms with Crippen molar-refractivity contribution in [3.05, 3.63) is 35.2 Å². The van der Waals surface area contributed by atoms with Crippen LogP contribution in [0.2, 0.25) is 0 Å². The monoisotopic (exact) mass is 296 g/mol. The molecule has 0 unspecified atom stereocenters. The highest BCUT2D eigenvalue weighted by molar-refractivity contribution is 5.60. The molecule has 0 aliphatic carbocycles. The lowest BCUT2D eigenvalue weighted by Gasteiger charge is -2.13. The Balaban J connectivity index is 2.64. The standard InChI is InChI=1S/C11H6F6N2O/c1-5-18-9(20-19-5)7-3-2-6(10(12,13)14)4-8(7)11(15,16)17/h2-4H,1H3. The molecular formula is C11H6F6N2O. The maximum absolute atomic E-state index is 12.9. The van der Waals surface area contributed by atoms with Crippen molar-refractivity contribution in [1.29, 1.82) is 0 Å². The second-order valence-electron chi connectivity index (χ2n) is 3.90. The Morgan fingerprint density at radius 3 is 2.10 bits per heavy atom. The average molecular weight is 296 g/mol. The molecule has 0 aliphatic heterocycles. The first-order valence-corrected chi connectivity index (χ1v) is 5.18. The minimum atomic E-state index is -4.97. The Hall–Kier alpha value is -2.06. The Kier molecular flexibility index (Phi) is 3.23. The van der Waals surface area contributed by atoms with E-state index in [1.807, 2.05) is 0 Å². The predicted molar refractivity (Wildman–Crippen MR) is 54.5 cm³/mol. The highest BCUT2D eigenvalue weighted by Crippen LogP contribution is 2.40. The minimum absolute atomic E-state index is 0.0227. The summed E-state index contributed by atoms with van der Waals surface area (Å²) in [5, 5.41) is 3.31. The van der Waals surface area contributed by atoms with Crippen LogP contribution in [-0.4, -0.2) is 10.1 Å². The molecule has 0 saturated heterocycles. The third-order valence-electron chi connectivity index (χ3n) is 2.41. The van der Waals surface area contributed by atoms with E-state index >= 15 is 0 Å². The predicted octanol–water partition coefficient (Wildman–Crippen LogP) is 4.08. The Morgan fingerprint density at radius 2 is 1.65 bits per heavy atom. The van der Waals surface area contributed by atoms with Crippen LogP contribution in [0.5, 0.6) is 0 Å². The van der Waals surface area contributed by atoms with E-state index in [0.717, 1.165) is 0 Å². The zero-order valence-corrected chi connectivity index (χ0v) is 9.80.